The molecule has 2 rings (SSSR count). The van der Waals surface area contributed by atoms with Gasteiger partial charge in [0.25, 0.3) is 5.91 Å². The summed E-state index contributed by atoms with van der Waals surface area (Å²) in [6.07, 6.45) is 1.58. The molecule has 0 aliphatic heterocycles. The molecule has 0 radical (unpaired) electrons. The first-order valence-electron chi connectivity index (χ1n) is 7.35. The number of carbonyl (C=O) groups excluding carboxylic acids is 1. The lowest BCUT2D eigenvalue weighted by molar-refractivity contribution is 0.102. The maximum absolute atomic E-state index is 12.3. The molecule has 0 aromatic heterocycles. The van der Waals surface area contributed by atoms with Crippen LogP contribution >= 0.6 is 0 Å². The van der Waals surface area contributed by atoms with Crippen LogP contribution in [-0.2, 0) is 4.84 Å². The van der Waals surface area contributed by atoms with Crippen molar-refractivity contribution in [2.45, 2.75) is 13.8 Å². The van der Waals surface area contributed by atoms with Gasteiger partial charge in [0.15, 0.2) is 0 Å². The molecule has 0 aliphatic carbocycles. The monoisotopic (exact) mass is 312 g/mol. The third-order valence-corrected chi connectivity index (χ3v) is 3.21. The predicted molar refractivity (Wildman–Crippen MR) is 91.3 cm³/mol. The van der Waals surface area contributed by atoms with E-state index in [0.717, 1.165) is 22.6 Å². The first kappa shape index (κ1) is 16.5. The van der Waals surface area contributed by atoms with Gasteiger partial charge in [0.1, 0.15) is 12.9 Å². The topological polar surface area (TPSA) is 59.9 Å². The number of anilines is 1. The normalized spacial score (nSPS) is 10.6. The van der Waals surface area contributed by atoms with E-state index in [-0.39, 0.29) is 5.91 Å². The van der Waals surface area contributed by atoms with Crippen molar-refractivity contribution in [2.24, 2.45) is 5.16 Å². The maximum Gasteiger partial charge on any atom is 0.255 e. The van der Waals surface area contributed by atoms with E-state index < -0.39 is 0 Å². The van der Waals surface area contributed by atoms with E-state index in [9.17, 15) is 4.79 Å². The molecular formula is C18H20N2O3. The van der Waals surface area contributed by atoms with Crippen molar-refractivity contribution in [1.29, 1.82) is 0 Å². The summed E-state index contributed by atoms with van der Waals surface area (Å²) >= 11 is 0. The highest BCUT2D eigenvalue weighted by Crippen LogP contribution is 2.22. The summed E-state index contributed by atoms with van der Waals surface area (Å²) < 4.78 is 5.49. The summed E-state index contributed by atoms with van der Waals surface area (Å²) in [6, 6.07) is 12.7. The van der Waals surface area contributed by atoms with Crippen LogP contribution in [0.3, 0.4) is 0 Å². The van der Waals surface area contributed by atoms with Crippen LogP contribution in [0.5, 0.6) is 5.75 Å². The molecule has 0 aliphatic rings. The lowest BCUT2D eigenvalue weighted by atomic mass is 10.1. The average Bonchev–Trinajstić information content (AvgIpc) is 2.56. The highest BCUT2D eigenvalue weighted by molar-refractivity contribution is 6.04. The van der Waals surface area contributed by atoms with E-state index in [2.05, 4.69) is 15.3 Å². The van der Waals surface area contributed by atoms with Crippen LogP contribution in [0.25, 0.3) is 0 Å². The number of aryl methyl sites for hydroxylation is 1. The van der Waals surface area contributed by atoms with Gasteiger partial charge in [-0.1, -0.05) is 17.3 Å². The second-order valence-electron chi connectivity index (χ2n) is 4.91. The van der Waals surface area contributed by atoms with Crippen LogP contribution in [-0.4, -0.2) is 25.8 Å². The standard InChI is InChI=1S/C18H20N2O3/c1-4-23-17-10-9-16(11-13(17)2)20-18(21)15-7-5-14(6-8-15)12-19-22-3/h5-12H,4H2,1-3H3,(H,20,21)/b19-12+. The van der Waals surface area contributed by atoms with E-state index >= 15 is 0 Å². The highest BCUT2D eigenvalue weighted by Gasteiger charge is 2.07. The molecule has 0 spiro atoms. The number of nitrogens with one attached hydrogen (secondary N) is 1. The molecule has 1 amide bonds. The first-order chi connectivity index (χ1) is 11.1. The van der Waals surface area contributed by atoms with Gasteiger partial charge in [-0.15, -0.1) is 0 Å². The Hall–Kier alpha value is -2.82. The van der Waals surface area contributed by atoms with Gasteiger partial charge >= 0.3 is 0 Å². The Morgan fingerprint density at radius 1 is 1.22 bits per heavy atom. The zero-order chi connectivity index (χ0) is 16.7. The molecular weight excluding hydrogens is 292 g/mol. The zero-order valence-corrected chi connectivity index (χ0v) is 13.5. The molecule has 120 valence electrons. The largest absolute Gasteiger partial charge is 0.494 e. The summed E-state index contributed by atoms with van der Waals surface area (Å²) in [5, 5.41) is 6.56. The van der Waals surface area contributed by atoms with E-state index in [1.807, 2.05) is 32.0 Å². The SMILES string of the molecule is CCOc1ccc(NC(=O)c2ccc(/C=N/OC)cc2)cc1C. The molecule has 0 heterocycles. The molecule has 0 unspecified atom stereocenters. The van der Waals surface area contributed by atoms with Gasteiger partial charge in [0, 0.05) is 11.3 Å². The molecule has 2 aromatic carbocycles. The van der Waals surface area contributed by atoms with Gasteiger partial charge in [-0.25, -0.2) is 0 Å². The van der Waals surface area contributed by atoms with Gasteiger partial charge in [-0.3, -0.25) is 4.79 Å². The number of nitrogens with zero attached hydrogens (tertiary/aromatic N) is 1. The number of ether oxygens (including phenoxy) is 1. The Balaban J connectivity index is 2.06. The molecule has 0 atom stereocenters. The average molecular weight is 312 g/mol. The fraction of sp³-hybridized carbons (Fsp3) is 0.222. The third-order valence-electron chi connectivity index (χ3n) is 3.21. The van der Waals surface area contributed by atoms with Crippen LogP contribution in [0.4, 0.5) is 5.69 Å². The molecule has 0 saturated heterocycles. The quantitative estimate of drug-likeness (QED) is 0.654. The number of hydrogen-bond acceptors (Lipinski definition) is 4. The van der Waals surface area contributed by atoms with Crippen LogP contribution < -0.4 is 10.1 Å². The van der Waals surface area contributed by atoms with Gasteiger partial charge < -0.3 is 14.9 Å². The second kappa shape index (κ2) is 7.98. The van der Waals surface area contributed by atoms with Gasteiger partial charge in [-0.2, -0.15) is 0 Å². The molecule has 1 N–H and O–H groups in total. The van der Waals surface area contributed by atoms with Crippen LogP contribution in [0.15, 0.2) is 47.6 Å². The van der Waals surface area contributed by atoms with E-state index in [1.54, 1.807) is 30.5 Å². The number of amides is 1. The van der Waals surface area contributed by atoms with Crippen molar-refractivity contribution in [1.82, 2.24) is 0 Å². The summed E-state index contributed by atoms with van der Waals surface area (Å²) in [4.78, 5) is 16.9. The van der Waals surface area contributed by atoms with Crippen molar-refractivity contribution in [3.8, 4) is 5.75 Å². The fourth-order valence-electron chi connectivity index (χ4n) is 2.08. The number of carbonyl (C=O) groups is 1. The van der Waals surface area contributed by atoms with Gasteiger partial charge in [0.2, 0.25) is 0 Å². The van der Waals surface area contributed by atoms with Crippen molar-refractivity contribution in [2.75, 3.05) is 19.0 Å². The lowest BCUT2D eigenvalue weighted by Gasteiger charge is -2.10. The lowest BCUT2D eigenvalue weighted by Crippen LogP contribution is -2.12. The summed E-state index contributed by atoms with van der Waals surface area (Å²) in [5.74, 6) is 0.663. The highest BCUT2D eigenvalue weighted by atomic mass is 16.6. The molecule has 5 nitrogen and oxygen atoms in total. The first-order valence-corrected chi connectivity index (χ1v) is 7.35. The van der Waals surface area contributed by atoms with E-state index in [4.69, 9.17) is 4.74 Å². The van der Waals surface area contributed by atoms with Crippen molar-refractivity contribution in [3.63, 3.8) is 0 Å². The fourth-order valence-corrected chi connectivity index (χ4v) is 2.08. The van der Waals surface area contributed by atoms with Crippen LogP contribution in [0.1, 0.15) is 28.4 Å². The predicted octanol–water partition coefficient (Wildman–Crippen LogP) is 3.63. The molecule has 5 heteroatoms. The smallest absolute Gasteiger partial charge is 0.255 e. The van der Waals surface area contributed by atoms with E-state index in [1.165, 1.54) is 7.11 Å². The Morgan fingerprint density at radius 2 is 1.96 bits per heavy atom. The third kappa shape index (κ3) is 4.57. The molecule has 0 fully saturated rings. The Kier molecular flexibility index (Phi) is 5.74. The molecule has 0 bridgehead atoms. The number of oxime groups is 1. The van der Waals surface area contributed by atoms with Crippen molar-refractivity contribution in [3.05, 3.63) is 59.2 Å². The van der Waals surface area contributed by atoms with Crippen molar-refractivity contribution >= 4 is 17.8 Å². The minimum absolute atomic E-state index is 0.163. The van der Waals surface area contributed by atoms with Crippen molar-refractivity contribution < 1.29 is 14.4 Å². The molecule has 0 saturated carbocycles. The summed E-state index contributed by atoms with van der Waals surface area (Å²) in [7, 11) is 1.48. The molecule has 2 aromatic rings. The zero-order valence-electron chi connectivity index (χ0n) is 13.5. The number of hydrogen-bond donors (Lipinski definition) is 1. The number of benzene rings is 2. The maximum atomic E-state index is 12.3. The summed E-state index contributed by atoms with van der Waals surface area (Å²) in [6.45, 7) is 4.51. The van der Waals surface area contributed by atoms with Gasteiger partial charge in [0.05, 0.1) is 12.8 Å². The van der Waals surface area contributed by atoms with Crippen LogP contribution in [0.2, 0.25) is 0 Å². The molecule has 23 heavy (non-hydrogen) atoms. The Morgan fingerprint density at radius 3 is 2.57 bits per heavy atom. The van der Waals surface area contributed by atoms with E-state index in [0.29, 0.717) is 12.2 Å². The minimum Gasteiger partial charge on any atom is -0.494 e. The minimum atomic E-state index is -0.163. The number of rotatable bonds is 6. The van der Waals surface area contributed by atoms with Crippen LogP contribution in [0, 0.1) is 6.92 Å². The summed E-state index contributed by atoms with van der Waals surface area (Å²) in [5.41, 5.74) is 3.16. The second-order valence-corrected chi connectivity index (χ2v) is 4.91. The Bertz CT molecular complexity index is 694. The van der Waals surface area contributed by atoms with Gasteiger partial charge in [-0.05, 0) is 55.3 Å². The Labute approximate surface area is 135 Å².